The fourth-order valence-electron chi connectivity index (χ4n) is 4.57. The smallest absolute Gasteiger partial charge is 0.350 e. The molecule has 0 saturated carbocycles. The third-order valence-corrected chi connectivity index (χ3v) is 7.00. The zero-order valence-corrected chi connectivity index (χ0v) is 25.0. The van der Waals surface area contributed by atoms with Gasteiger partial charge in [0, 0.05) is 23.1 Å². The van der Waals surface area contributed by atoms with Gasteiger partial charge in [-0.25, -0.2) is 22.2 Å². The molecule has 4 rings (SSSR count). The molecule has 2 N–H and O–H groups in total. The predicted molar refractivity (Wildman–Crippen MR) is 156 cm³/mol. The van der Waals surface area contributed by atoms with Crippen LogP contribution in [0.2, 0.25) is 5.02 Å². The summed E-state index contributed by atoms with van der Waals surface area (Å²) in [5.74, 6) is 3.69. The highest BCUT2D eigenvalue weighted by molar-refractivity contribution is 7.92. The van der Waals surface area contributed by atoms with Crippen LogP contribution in [0.4, 0.5) is 27.8 Å². The average Bonchev–Trinajstić information content (AvgIpc) is 3.22. The molecule has 1 atom stereocenters. The SMILES string of the molecule is CC(C)C#Cc1ccc(-c2ccc(Cl)c3c(NS(C)(=O)=O)nn(CC(F)(F)F)c23)c(C(Cc2cc(F)cc(F)c2)NC=O)n1. The minimum atomic E-state index is -4.76. The molecule has 2 aromatic heterocycles. The van der Waals surface area contributed by atoms with E-state index in [0.29, 0.717) is 17.2 Å². The number of hydrogen-bond donors (Lipinski definition) is 2. The molecule has 4 aromatic rings. The largest absolute Gasteiger partial charge is 0.408 e. The van der Waals surface area contributed by atoms with Crippen LogP contribution in [-0.2, 0) is 27.8 Å². The van der Waals surface area contributed by atoms with E-state index in [1.165, 1.54) is 24.3 Å². The topological polar surface area (TPSA) is 106 Å². The summed E-state index contributed by atoms with van der Waals surface area (Å²) >= 11 is 6.39. The third-order valence-electron chi connectivity index (χ3n) is 6.12. The number of nitrogens with zero attached hydrogens (tertiary/aromatic N) is 3. The van der Waals surface area contributed by atoms with Crippen LogP contribution in [0.15, 0.2) is 42.5 Å². The van der Waals surface area contributed by atoms with E-state index in [1.54, 1.807) is 0 Å². The van der Waals surface area contributed by atoms with Crippen molar-refractivity contribution in [2.45, 2.75) is 39.0 Å². The maximum atomic E-state index is 14.0. The average molecular weight is 654 g/mol. The quantitative estimate of drug-likeness (QED) is 0.131. The number of carbonyl (C=O) groups excluding carboxylic acids is 1. The fraction of sp³-hybridized carbons (Fsp3) is 0.276. The van der Waals surface area contributed by atoms with E-state index < -0.39 is 46.2 Å². The summed E-state index contributed by atoms with van der Waals surface area (Å²) in [5, 5.41) is 6.28. The summed E-state index contributed by atoms with van der Waals surface area (Å²) in [6, 6.07) is 7.61. The van der Waals surface area contributed by atoms with Crippen molar-refractivity contribution in [1.82, 2.24) is 20.1 Å². The molecule has 44 heavy (non-hydrogen) atoms. The second kappa shape index (κ2) is 12.8. The Hall–Kier alpha value is -4.22. The molecule has 0 aliphatic heterocycles. The van der Waals surface area contributed by atoms with Crippen LogP contribution in [0.25, 0.3) is 22.0 Å². The molecule has 0 spiro atoms. The first-order valence-electron chi connectivity index (χ1n) is 13.0. The standard InChI is InChI=1S/C29H25ClF5N5O3S/c1-16(2)4-5-20-6-7-21(26(37-20)24(36-15-41)12-17-10-18(31)13-19(32)11-17)22-8-9-23(30)25-27(22)40(14-29(33,34)35)38-28(25)39-44(3,42)43/h6-11,13,15-16,24H,12,14H2,1-3H3,(H,36,41)(H,38,39). The van der Waals surface area contributed by atoms with E-state index in [4.69, 9.17) is 11.6 Å². The zero-order valence-electron chi connectivity index (χ0n) is 23.4. The monoisotopic (exact) mass is 653 g/mol. The molecule has 232 valence electrons. The number of aromatic nitrogens is 3. The summed E-state index contributed by atoms with van der Waals surface area (Å²) in [5.41, 5.74) is 0.666. The Labute approximate surface area is 254 Å². The molecule has 2 heterocycles. The van der Waals surface area contributed by atoms with Crippen LogP contribution in [0.5, 0.6) is 0 Å². The van der Waals surface area contributed by atoms with Gasteiger partial charge in [-0.05, 0) is 48.2 Å². The zero-order chi connectivity index (χ0) is 32.4. The number of benzene rings is 2. The summed E-state index contributed by atoms with van der Waals surface area (Å²) in [7, 11) is -3.99. The maximum Gasteiger partial charge on any atom is 0.408 e. The van der Waals surface area contributed by atoms with Crippen LogP contribution in [0.1, 0.15) is 36.8 Å². The Kier molecular flexibility index (Phi) is 9.50. The van der Waals surface area contributed by atoms with Gasteiger partial charge < -0.3 is 5.32 Å². The number of anilines is 1. The first kappa shape index (κ1) is 32.7. The number of pyridine rings is 1. The fourth-order valence-corrected chi connectivity index (χ4v) is 5.30. The molecular formula is C29H25ClF5N5O3S. The van der Waals surface area contributed by atoms with Crippen molar-refractivity contribution < 1.29 is 35.2 Å². The maximum absolute atomic E-state index is 14.0. The molecule has 0 aliphatic carbocycles. The molecule has 0 saturated heterocycles. The minimum absolute atomic E-state index is 0.0348. The van der Waals surface area contributed by atoms with Crippen LogP contribution in [-0.4, -0.2) is 42.0 Å². The molecule has 0 radical (unpaired) electrons. The van der Waals surface area contributed by atoms with Gasteiger partial charge in [0.2, 0.25) is 16.4 Å². The Morgan fingerprint density at radius 3 is 2.32 bits per heavy atom. The van der Waals surface area contributed by atoms with E-state index in [9.17, 15) is 35.2 Å². The van der Waals surface area contributed by atoms with Crippen molar-refractivity contribution in [3.05, 3.63) is 76.1 Å². The second-order valence-electron chi connectivity index (χ2n) is 10.2. The lowest BCUT2D eigenvalue weighted by Gasteiger charge is -2.21. The van der Waals surface area contributed by atoms with Gasteiger partial charge in [-0.1, -0.05) is 37.4 Å². The number of halogens is 6. The van der Waals surface area contributed by atoms with E-state index in [0.717, 1.165) is 18.4 Å². The highest BCUT2D eigenvalue weighted by Gasteiger charge is 2.32. The second-order valence-corrected chi connectivity index (χ2v) is 12.3. The Bertz CT molecular complexity index is 1880. The van der Waals surface area contributed by atoms with E-state index in [-0.39, 0.29) is 56.3 Å². The van der Waals surface area contributed by atoms with Crippen molar-refractivity contribution in [1.29, 1.82) is 0 Å². The van der Waals surface area contributed by atoms with E-state index in [2.05, 4.69) is 32.0 Å². The van der Waals surface area contributed by atoms with Gasteiger partial charge in [-0.3, -0.25) is 14.2 Å². The van der Waals surface area contributed by atoms with Crippen LogP contribution < -0.4 is 10.0 Å². The number of rotatable bonds is 9. The highest BCUT2D eigenvalue weighted by Crippen LogP contribution is 2.41. The van der Waals surface area contributed by atoms with Gasteiger partial charge >= 0.3 is 6.18 Å². The number of sulfonamides is 1. The summed E-state index contributed by atoms with van der Waals surface area (Å²) in [6.07, 6.45) is -3.75. The number of carbonyl (C=O) groups is 1. The third kappa shape index (κ3) is 8.03. The molecule has 1 amide bonds. The molecule has 15 heteroatoms. The van der Waals surface area contributed by atoms with Crippen molar-refractivity contribution in [2.24, 2.45) is 5.92 Å². The number of amides is 1. The molecular weight excluding hydrogens is 629 g/mol. The lowest BCUT2D eigenvalue weighted by atomic mass is 9.94. The molecule has 0 bridgehead atoms. The van der Waals surface area contributed by atoms with Gasteiger partial charge in [0.15, 0.2) is 5.82 Å². The molecule has 8 nitrogen and oxygen atoms in total. The lowest BCUT2D eigenvalue weighted by Crippen LogP contribution is -2.24. The number of alkyl halides is 3. The Morgan fingerprint density at radius 1 is 1.07 bits per heavy atom. The van der Waals surface area contributed by atoms with Gasteiger partial charge in [-0.15, -0.1) is 0 Å². The normalized spacial score (nSPS) is 12.6. The van der Waals surface area contributed by atoms with Crippen molar-refractivity contribution in [3.63, 3.8) is 0 Å². The first-order valence-corrected chi connectivity index (χ1v) is 15.2. The Balaban J connectivity index is 2.04. The van der Waals surface area contributed by atoms with Crippen molar-refractivity contribution in [2.75, 3.05) is 11.0 Å². The van der Waals surface area contributed by atoms with E-state index in [1.807, 2.05) is 13.8 Å². The molecule has 1 unspecified atom stereocenters. The first-order chi connectivity index (χ1) is 20.5. The molecule has 0 fully saturated rings. The summed E-state index contributed by atoms with van der Waals surface area (Å²) in [6.45, 7) is 2.11. The minimum Gasteiger partial charge on any atom is -0.350 e. The molecule has 2 aromatic carbocycles. The van der Waals surface area contributed by atoms with Crippen LogP contribution >= 0.6 is 11.6 Å². The highest BCUT2D eigenvalue weighted by atomic mass is 35.5. The van der Waals surface area contributed by atoms with Gasteiger partial charge in [0.25, 0.3) is 0 Å². The Morgan fingerprint density at radius 2 is 1.73 bits per heavy atom. The van der Waals surface area contributed by atoms with Gasteiger partial charge in [-0.2, -0.15) is 18.3 Å². The van der Waals surface area contributed by atoms with Gasteiger partial charge in [0.05, 0.1) is 33.9 Å². The van der Waals surface area contributed by atoms with Crippen LogP contribution in [0.3, 0.4) is 0 Å². The number of hydrogen-bond acceptors (Lipinski definition) is 5. The lowest BCUT2D eigenvalue weighted by molar-refractivity contribution is -0.141. The predicted octanol–water partition coefficient (Wildman–Crippen LogP) is 6.00. The number of fused-ring (bicyclic) bond motifs is 1. The summed E-state index contributed by atoms with van der Waals surface area (Å²) < 4.78 is 95.9. The van der Waals surface area contributed by atoms with Gasteiger partial charge in [0.1, 0.15) is 23.9 Å². The molecule has 0 aliphatic rings. The van der Waals surface area contributed by atoms with Crippen molar-refractivity contribution in [3.8, 4) is 23.0 Å². The van der Waals surface area contributed by atoms with Crippen LogP contribution in [0, 0.1) is 29.4 Å². The van der Waals surface area contributed by atoms with Crippen molar-refractivity contribution >= 4 is 44.8 Å². The van der Waals surface area contributed by atoms with E-state index >= 15 is 0 Å². The number of nitrogens with one attached hydrogen (secondary N) is 2. The summed E-state index contributed by atoms with van der Waals surface area (Å²) in [4.78, 5) is 16.3.